The number of piperazine rings is 1. The number of aromatic amines is 1. The molecule has 3 fully saturated rings. The molecule has 0 saturated carbocycles. The zero-order valence-electron chi connectivity index (χ0n) is 31.8. The molecule has 0 radical (unpaired) electrons. The Bertz CT molecular complexity index is 2080. The van der Waals surface area contributed by atoms with Gasteiger partial charge in [-0.25, -0.2) is 27.6 Å². The summed E-state index contributed by atoms with van der Waals surface area (Å²) >= 11 is -3.06. The molecule has 1 N–H and O–H groups in total. The zero-order valence-corrected chi connectivity index (χ0v) is 32.6. The Labute approximate surface area is 327 Å². The smallest absolute Gasteiger partial charge is 0.320 e. The fourth-order valence-electron chi connectivity index (χ4n) is 7.86. The number of halogens is 3. The number of piperidine rings is 1. The molecule has 7 rings (SSSR count). The van der Waals surface area contributed by atoms with Gasteiger partial charge in [0.2, 0.25) is 5.78 Å². The van der Waals surface area contributed by atoms with Gasteiger partial charge in [-0.3, -0.25) is 18.7 Å². The number of nitrogens with zero attached hydrogens (tertiary/aromatic N) is 6. The van der Waals surface area contributed by atoms with Gasteiger partial charge in [0.1, 0.15) is 28.9 Å². The third-order valence-corrected chi connectivity index (χ3v) is 11.4. The van der Waals surface area contributed by atoms with Crippen LogP contribution < -0.4 is 9.31 Å². The van der Waals surface area contributed by atoms with E-state index in [4.69, 9.17) is 4.74 Å². The van der Waals surface area contributed by atoms with Crippen LogP contribution in [0.25, 0.3) is 22.2 Å². The van der Waals surface area contributed by atoms with Gasteiger partial charge >= 0.3 is 5.97 Å². The van der Waals surface area contributed by atoms with Gasteiger partial charge in [0.05, 0.1) is 29.9 Å². The molecule has 0 bridgehead atoms. The highest BCUT2D eigenvalue weighted by atomic mass is 32.2. The van der Waals surface area contributed by atoms with Crippen LogP contribution in [0.4, 0.5) is 24.5 Å². The second-order valence-corrected chi connectivity index (χ2v) is 16.6. The van der Waals surface area contributed by atoms with Gasteiger partial charge in [-0.15, -0.1) is 0 Å². The highest BCUT2D eigenvalue weighted by molar-refractivity contribution is 7.80. The summed E-state index contributed by atoms with van der Waals surface area (Å²) in [5.74, 6) is -3.09. The molecule has 0 aliphatic carbocycles. The van der Waals surface area contributed by atoms with Crippen LogP contribution in [0.3, 0.4) is 0 Å². The number of hydrogen-bond acceptors (Lipinski definition) is 10. The van der Waals surface area contributed by atoms with Gasteiger partial charge in [-0.05, 0) is 81.8 Å². The molecule has 300 valence electrons. The Morgan fingerprint density at radius 2 is 1.66 bits per heavy atom. The number of anilines is 2. The maximum absolute atomic E-state index is 15.9. The summed E-state index contributed by atoms with van der Waals surface area (Å²) in [5, 5.41) is 1.45. The van der Waals surface area contributed by atoms with E-state index in [-0.39, 0.29) is 31.0 Å². The maximum Gasteiger partial charge on any atom is 0.320 e. The summed E-state index contributed by atoms with van der Waals surface area (Å²) in [5.41, 5.74) is 0.962. The van der Waals surface area contributed by atoms with Gasteiger partial charge in [0, 0.05) is 87.0 Å². The molecule has 1 unspecified atom stereocenters. The number of ether oxygens (including phenoxy) is 1. The predicted octanol–water partition coefficient (Wildman–Crippen LogP) is 5.47. The minimum atomic E-state index is -3.06. The molecular formula is C40H47F3N7O5S-. The third-order valence-electron chi connectivity index (χ3n) is 10.7. The van der Waals surface area contributed by atoms with Crippen molar-refractivity contribution in [2.45, 2.75) is 51.8 Å². The molecule has 2 atom stereocenters. The normalized spacial score (nSPS) is 19.8. The van der Waals surface area contributed by atoms with E-state index in [1.807, 2.05) is 32.9 Å². The first-order chi connectivity index (χ1) is 26.7. The molecule has 16 heteroatoms. The van der Waals surface area contributed by atoms with E-state index in [2.05, 4.69) is 36.8 Å². The van der Waals surface area contributed by atoms with Crippen LogP contribution in [0.2, 0.25) is 0 Å². The van der Waals surface area contributed by atoms with E-state index in [1.165, 1.54) is 6.20 Å². The number of ketones is 1. The molecule has 2 aromatic carbocycles. The van der Waals surface area contributed by atoms with E-state index >= 15 is 8.78 Å². The average molecular weight is 795 g/mol. The van der Waals surface area contributed by atoms with Crippen LogP contribution in [-0.2, 0) is 20.8 Å². The number of benzene rings is 2. The Hall–Kier alpha value is -4.35. The van der Waals surface area contributed by atoms with E-state index < -0.39 is 51.7 Å². The van der Waals surface area contributed by atoms with Crippen LogP contribution in [0.1, 0.15) is 56.0 Å². The number of pyridine rings is 1. The lowest BCUT2D eigenvalue weighted by atomic mass is 9.95. The number of hydrogen-bond donors (Lipinski definition) is 1. The fourth-order valence-corrected chi connectivity index (χ4v) is 8.50. The van der Waals surface area contributed by atoms with Gasteiger partial charge in [0.15, 0.2) is 5.82 Å². The summed E-state index contributed by atoms with van der Waals surface area (Å²) in [4.78, 5) is 40.4. The van der Waals surface area contributed by atoms with Crippen LogP contribution >= 0.6 is 0 Å². The molecule has 3 saturated heterocycles. The van der Waals surface area contributed by atoms with Crippen LogP contribution in [0, 0.1) is 17.6 Å². The molecule has 4 aromatic rings. The second-order valence-electron chi connectivity index (χ2n) is 15.8. The van der Waals surface area contributed by atoms with Crippen molar-refractivity contribution >= 4 is 45.4 Å². The average Bonchev–Trinajstić information content (AvgIpc) is 3.78. The molecule has 0 spiro atoms. The molecule has 56 heavy (non-hydrogen) atoms. The van der Waals surface area contributed by atoms with Crippen LogP contribution in [-0.4, -0.2) is 123 Å². The molecule has 12 nitrogen and oxygen atoms in total. The van der Waals surface area contributed by atoms with Crippen LogP contribution in [0.15, 0.2) is 54.9 Å². The lowest BCUT2D eigenvalue weighted by Crippen LogP contribution is -2.50. The third kappa shape index (κ3) is 8.94. The number of nitrogens with one attached hydrogen (secondary N) is 1. The molecular weight excluding hydrogens is 748 g/mol. The Morgan fingerprint density at radius 3 is 2.30 bits per heavy atom. The minimum absolute atomic E-state index is 0.00546. The number of hydrazine groups is 1. The van der Waals surface area contributed by atoms with Crippen molar-refractivity contribution in [1.29, 1.82) is 0 Å². The summed E-state index contributed by atoms with van der Waals surface area (Å²) < 4.78 is 75.3. The second kappa shape index (κ2) is 16.6. The predicted molar refractivity (Wildman–Crippen MR) is 207 cm³/mol. The SMILES string of the molecule is CC(C)(C)OC(=O)CN1CCN(CC2CCN(c3ccc(-c4cnc5[nH]cc(C(=O)c6c(F)ccc(N(N7CC[C@@H](F)C7)S(=O)[O-])c6F)c5c4)cc3)CC2)CC1. The standard InChI is InChI=1S/C40H48F3N7O5S/c1-40(2,3)55-35(51)25-47-18-16-46(17-19-47)23-26-10-13-48(14-11-26)30-6-4-27(5-7-30)28-20-31-32(22-45-39(31)44-21-28)38(52)36-33(42)8-9-34(37(36)43)50(56(53)54)49-15-12-29(41)24-49/h4-9,20-22,26,29H,10-19,23-25H2,1-3H3,(H,44,45)(H,53,54)/p-1/t29-/m1/s1. The van der Waals surface area contributed by atoms with Crippen molar-refractivity contribution in [3.8, 4) is 11.1 Å². The van der Waals surface area contributed by atoms with Gasteiger partial charge in [-0.2, -0.15) is 0 Å². The van der Waals surface area contributed by atoms with Crippen molar-refractivity contribution in [1.82, 2.24) is 24.8 Å². The minimum Gasteiger partial charge on any atom is -0.754 e. The lowest BCUT2D eigenvalue weighted by molar-refractivity contribution is -0.156. The molecule has 5 heterocycles. The van der Waals surface area contributed by atoms with Crippen molar-refractivity contribution in [3.63, 3.8) is 0 Å². The number of carbonyl (C=O) groups excluding carboxylic acids is 2. The summed E-state index contributed by atoms with van der Waals surface area (Å²) in [7, 11) is 0. The first-order valence-corrected chi connectivity index (χ1v) is 20.1. The number of aromatic nitrogens is 2. The van der Waals surface area contributed by atoms with Crippen molar-refractivity contribution in [3.05, 3.63) is 77.6 Å². The van der Waals surface area contributed by atoms with Crippen molar-refractivity contribution in [2.24, 2.45) is 5.92 Å². The number of rotatable bonds is 11. The number of fused-ring (bicyclic) bond motifs is 1. The number of carbonyl (C=O) groups is 2. The van der Waals surface area contributed by atoms with Gasteiger partial charge in [0.25, 0.3) is 0 Å². The number of alkyl halides is 1. The highest BCUT2D eigenvalue weighted by Crippen LogP contribution is 2.33. The van der Waals surface area contributed by atoms with E-state index in [0.717, 1.165) is 87.0 Å². The summed E-state index contributed by atoms with van der Waals surface area (Å²) in [6, 6.07) is 11.6. The van der Waals surface area contributed by atoms with Crippen LogP contribution in [0.5, 0.6) is 0 Å². The molecule has 0 amide bonds. The number of esters is 1. The summed E-state index contributed by atoms with van der Waals surface area (Å²) in [6.45, 7) is 12.2. The Morgan fingerprint density at radius 1 is 0.964 bits per heavy atom. The maximum atomic E-state index is 15.9. The number of H-pyrrole nitrogens is 1. The highest BCUT2D eigenvalue weighted by Gasteiger charge is 2.33. The molecule has 3 aliphatic heterocycles. The quantitative estimate of drug-likeness (QED) is 0.119. The van der Waals surface area contributed by atoms with Crippen molar-refractivity contribution in [2.75, 3.05) is 74.8 Å². The fraction of sp³-hybridized carbons (Fsp3) is 0.475. The van der Waals surface area contributed by atoms with E-state index in [1.54, 1.807) is 12.3 Å². The van der Waals surface area contributed by atoms with Gasteiger partial charge in [-0.1, -0.05) is 12.1 Å². The van der Waals surface area contributed by atoms with E-state index in [0.29, 0.717) is 33.5 Å². The van der Waals surface area contributed by atoms with E-state index in [9.17, 15) is 22.7 Å². The molecule has 2 aromatic heterocycles. The Balaban J connectivity index is 0.980. The topological polar surface area (TPSA) is 128 Å². The summed E-state index contributed by atoms with van der Waals surface area (Å²) in [6.07, 6.45) is 3.89. The first kappa shape index (κ1) is 39.9. The van der Waals surface area contributed by atoms with Crippen molar-refractivity contribution < 1.29 is 36.3 Å². The monoisotopic (exact) mass is 794 g/mol. The first-order valence-electron chi connectivity index (χ1n) is 19.0. The van der Waals surface area contributed by atoms with Gasteiger partial charge < -0.3 is 24.1 Å². The lowest BCUT2D eigenvalue weighted by Gasteiger charge is -2.39. The zero-order chi connectivity index (χ0) is 39.7. The Kier molecular flexibility index (Phi) is 11.8. The largest absolute Gasteiger partial charge is 0.754 e. The molecule has 3 aliphatic rings.